The maximum atomic E-state index is 10.5. The second kappa shape index (κ2) is 5.15. The summed E-state index contributed by atoms with van der Waals surface area (Å²) in [5, 5.41) is 12.0. The van der Waals surface area contributed by atoms with Gasteiger partial charge in [-0.2, -0.15) is 0 Å². The Labute approximate surface area is 85.2 Å². The first-order chi connectivity index (χ1) is 6.61. The van der Waals surface area contributed by atoms with Crippen molar-refractivity contribution in [3.8, 4) is 0 Å². The van der Waals surface area contributed by atoms with Crippen molar-refractivity contribution in [2.75, 3.05) is 6.54 Å². The van der Waals surface area contributed by atoms with Crippen LogP contribution in [-0.2, 0) is 4.79 Å². The molecule has 0 amide bonds. The highest BCUT2D eigenvalue weighted by Crippen LogP contribution is 2.24. The molecule has 0 aromatic rings. The van der Waals surface area contributed by atoms with Crippen molar-refractivity contribution in [2.45, 2.75) is 39.2 Å². The number of nitrogens with one attached hydrogen (secondary N) is 1. The molecule has 14 heavy (non-hydrogen) atoms. The average Bonchev–Trinajstić information content (AvgIpc) is 2.51. The molecular weight excluding hydrogens is 178 g/mol. The summed E-state index contributed by atoms with van der Waals surface area (Å²) in [5.41, 5.74) is 0.420. The standard InChI is InChI=1S/C11H19NO2/c1-8-4-3-5-10(8)12-7-6-9(2)11(13)14/h6,8,10,12H,3-5,7H2,1-2H3,(H,13,14)/b9-6-. The smallest absolute Gasteiger partial charge is 0.330 e. The highest BCUT2D eigenvalue weighted by molar-refractivity contribution is 5.85. The van der Waals surface area contributed by atoms with Crippen LogP contribution in [0.25, 0.3) is 0 Å². The van der Waals surface area contributed by atoms with E-state index in [4.69, 9.17) is 5.11 Å². The summed E-state index contributed by atoms with van der Waals surface area (Å²) in [7, 11) is 0. The Morgan fingerprint density at radius 3 is 2.79 bits per heavy atom. The zero-order valence-electron chi connectivity index (χ0n) is 8.92. The molecule has 2 N–H and O–H groups in total. The normalized spacial score (nSPS) is 28.0. The molecule has 80 valence electrons. The number of carbonyl (C=O) groups is 1. The van der Waals surface area contributed by atoms with E-state index in [2.05, 4.69) is 12.2 Å². The van der Waals surface area contributed by atoms with Crippen LogP contribution in [-0.4, -0.2) is 23.7 Å². The summed E-state index contributed by atoms with van der Waals surface area (Å²) in [6, 6.07) is 0.577. The van der Waals surface area contributed by atoms with E-state index in [-0.39, 0.29) is 0 Å². The number of aliphatic carboxylic acids is 1. The largest absolute Gasteiger partial charge is 0.478 e. The van der Waals surface area contributed by atoms with E-state index in [1.165, 1.54) is 19.3 Å². The Bertz CT molecular complexity index is 235. The van der Waals surface area contributed by atoms with Crippen LogP contribution in [0.2, 0.25) is 0 Å². The number of rotatable bonds is 4. The third-order valence-corrected chi connectivity index (χ3v) is 2.99. The zero-order chi connectivity index (χ0) is 10.6. The first kappa shape index (κ1) is 11.2. The van der Waals surface area contributed by atoms with Gasteiger partial charge in [0.25, 0.3) is 0 Å². The maximum absolute atomic E-state index is 10.5. The molecular formula is C11H19NO2. The Morgan fingerprint density at radius 1 is 1.57 bits per heavy atom. The molecule has 0 aliphatic heterocycles. The number of hydrogen-bond donors (Lipinski definition) is 2. The van der Waals surface area contributed by atoms with Crippen molar-refractivity contribution in [1.82, 2.24) is 5.32 Å². The van der Waals surface area contributed by atoms with E-state index in [0.717, 1.165) is 5.92 Å². The average molecular weight is 197 g/mol. The Balaban J connectivity index is 2.27. The minimum atomic E-state index is -0.828. The van der Waals surface area contributed by atoms with E-state index in [1.54, 1.807) is 13.0 Å². The molecule has 0 spiro atoms. The van der Waals surface area contributed by atoms with Crippen LogP contribution in [0.3, 0.4) is 0 Å². The van der Waals surface area contributed by atoms with Crippen molar-refractivity contribution in [3.05, 3.63) is 11.6 Å². The molecule has 1 aliphatic rings. The molecule has 0 aromatic heterocycles. The second-order valence-corrected chi connectivity index (χ2v) is 4.12. The van der Waals surface area contributed by atoms with Crippen LogP contribution < -0.4 is 5.32 Å². The van der Waals surface area contributed by atoms with Crippen LogP contribution in [0, 0.1) is 5.92 Å². The molecule has 1 aliphatic carbocycles. The molecule has 3 nitrogen and oxygen atoms in total. The predicted molar refractivity (Wildman–Crippen MR) is 56.2 cm³/mol. The molecule has 1 rings (SSSR count). The van der Waals surface area contributed by atoms with Crippen LogP contribution in [0.5, 0.6) is 0 Å². The first-order valence-electron chi connectivity index (χ1n) is 5.24. The van der Waals surface area contributed by atoms with Crippen molar-refractivity contribution >= 4 is 5.97 Å². The predicted octanol–water partition coefficient (Wildman–Crippen LogP) is 1.80. The van der Waals surface area contributed by atoms with Gasteiger partial charge < -0.3 is 10.4 Å². The molecule has 0 saturated heterocycles. The summed E-state index contributed by atoms with van der Waals surface area (Å²) in [4.78, 5) is 10.5. The van der Waals surface area contributed by atoms with Crippen LogP contribution >= 0.6 is 0 Å². The lowest BCUT2D eigenvalue weighted by Gasteiger charge is -2.15. The lowest BCUT2D eigenvalue weighted by Crippen LogP contribution is -2.31. The third-order valence-electron chi connectivity index (χ3n) is 2.99. The van der Waals surface area contributed by atoms with Crippen molar-refractivity contribution < 1.29 is 9.90 Å². The molecule has 0 aromatic carbocycles. The second-order valence-electron chi connectivity index (χ2n) is 4.12. The molecule has 0 heterocycles. The monoisotopic (exact) mass is 197 g/mol. The highest BCUT2D eigenvalue weighted by Gasteiger charge is 2.21. The van der Waals surface area contributed by atoms with E-state index in [9.17, 15) is 4.79 Å². The van der Waals surface area contributed by atoms with Gasteiger partial charge in [0.05, 0.1) is 0 Å². The topological polar surface area (TPSA) is 49.3 Å². The summed E-state index contributed by atoms with van der Waals surface area (Å²) < 4.78 is 0. The fourth-order valence-electron chi connectivity index (χ4n) is 1.90. The first-order valence-corrected chi connectivity index (χ1v) is 5.24. The summed E-state index contributed by atoms with van der Waals surface area (Å²) in [5.74, 6) is -0.0974. The number of hydrogen-bond acceptors (Lipinski definition) is 2. The van der Waals surface area contributed by atoms with Crippen LogP contribution in [0.1, 0.15) is 33.1 Å². The fourth-order valence-corrected chi connectivity index (χ4v) is 1.90. The molecule has 2 unspecified atom stereocenters. The Hall–Kier alpha value is -0.830. The van der Waals surface area contributed by atoms with Gasteiger partial charge in [-0.05, 0) is 25.7 Å². The third kappa shape index (κ3) is 3.14. The zero-order valence-corrected chi connectivity index (χ0v) is 8.92. The molecule has 0 bridgehead atoms. The van der Waals surface area contributed by atoms with Gasteiger partial charge in [-0.3, -0.25) is 0 Å². The minimum absolute atomic E-state index is 0.420. The van der Waals surface area contributed by atoms with Gasteiger partial charge in [0, 0.05) is 18.2 Å². The van der Waals surface area contributed by atoms with E-state index in [0.29, 0.717) is 18.2 Å². The number of carboxylic acids is 1. The van der Waals surface area contributed by atoms with Crippen LogP contribution in [0.15, 0.2) is 11.6 Å². The maximum Gasteiger partial charge on any atom is 0.330 e. The SMILES string of the molecule is C/C(=C/CNC1CCCC1C)C(=O)O. The van der Waals surface area contributed by atoms with Gasteiger partial charge in [-0.25, -0.2) is 4.79 Å². The molecule has 1 saturated carbocycles. The van der Waals surface area contributed by atoms with Gasteiger partial charge in [-0.1, -0.05) is 19.4 Å². The van der Waals surface area contributed by atoms with Crippen LogP contribution in [0.4, 0.5) is 0 Å². The molecule has 1 fully saturated rings. The quantitative estimate of drug-likeness (QED) is 0.676. The van der Waals surface area contributed by atoms with Gasteiger partial charge >= 0.3 is 5.97 Å². The lowest BCUT2D eigenvalue weighted by atomic mass is 10.1. The minimum Gasteiger partial charge on any atom is -0.478 e. The van der Waals surface area contributed by atoms with E-state index >= 15 is 0 Å². The Morgan fingerprint density at radius 2 is 2.29 bits per heavy atom. The number of carboxylic acid groups (broad SMARTS) is 1. The van der Waals surface area contributed by atoms with E-state index in [1.807, 2.05) is 0 Å². The summed E-state index contributed by atoms with van der Waals surface area (Å²) in [6.07, 6.45) is 5.55. The van der Waals surface area contributed by atoms with Gasteiger partial charge in [-0.15, -0.1) is 0 Å². The van der Waals surface area contributed by atoms with E-state index < -0.39 is 5.97 Å². The van der Waals surface area contributed by atoms with Crippen molar-refractivity contribution in [3.63, 3.8) is 0 Å². The fraction of sp³-hybridized carbons (Fsp3) is 0.727. The molecule has 3 heteroatoms. The van der Waals surface area contributed by atoms with Gasteiger partial charge in [0.2, 0.25) is 0 Å². The highest BCUT2D eigenvalue weighted by atomic mass is 16.4. The summed E-state index contributed by atoms with van der Waals surface area (Å²) >= 11 is 0. The lowest BCUT2D eigenvalue weighted by molar-refractivity contribution is -0.132. The van der Waals surface area contributed by atoms with Crippen molar-refractivity contribution in [1.29, 1.82) is 0 Å². The van der Waals surface area contributed by atoms with Crippen molar-refractivity contribution in [2.24, 2.45) is 5.92 Å². The Kier molecular flexibility index (Phi) is 4.14. The van der Waals surface area contributed by atoms with Gasteiger partial charge in [0.1, 0.15) is 0 Å². The summed E-state index contributed by atoms with van der Waals surface area (Å²) in [6.45, 7) is 4.55. The van der Waals surface area contributed by atoms with Gasteiger partial charge in [0.15, 0.2) is 0 Å². The molecule has 0 radical (unpaired) electrons. The molecule has 2 atom stereocenters.